The minimum atomic E-state index is -2.51. The molecule has 2 nitrogen and oxygen atoms in total. The van der Waals surface area contributed by atoms with Crippen LogP contribution in [-0.4, -0.2) is 9.97 Å². The lowest BCUT2D eigenvalue weighted by Gasteiger charge is -2.05. The fourth-order valence-electron chi connectivity index (χ4n) is 1.36. The predicted octanol–water partition coefficient (Wildman–Crippen LogP) is 3.24. The highest BCUT2D eigenvalue weighted by molar-refractivity contribution is 6.17. The van der Waals surface area contributed by atoms with Crippen molar-refractivity contribution in [1.29, 1.82) is 0 Å². The molecule has 2 aromatic rings. The van der Waals surface area contributed by atoms with E-state index >= 15 is 0 Å². The number of nitrogens with zero attached hydrogens (tertiary/aromatic N) is 1. The summed E-state index contributed by atoms with van der Waals surface area (Å²) in [4.78, 5) is 6.75. The molecule has 0 spiro atoms. The molecule has 1 aromatic carbocycles. The summed E-state index contributed by atoms with van der Waals surface area (Å²) in [6.45, 7) is 0. The van der Waals surface area contributed by atoms with E-state index in [2.05, 4.69) is 9.97 Å². The number of imidazole rings is 1. The summed E-state index contributed by atoms with van der Waals surface area (Å²) >= 11 is 5.58. The van der Waals surface area contributed by atoms with Gasteiger partial charge in [-0.05, 0) is 17.7 Å². The Morgan fingerprint density at radius 1 is 1.43 bits per heavy atom. The number of H-pyrrole nitrogens is 1. The molecule has 0 saturated heterocycles. The molecule has 0 saturated carbocycles. The molecule has 0 amide bonds. The molecule has 0 fully saturated rings. The van der Waals surface area contributed by atoms with Crippen LogP contribution >= 0.6 is 11.6 Å². The van der Waals surface area contributed by atoms with Gasteiger partial charge in [0.2, 0.25) is 0 Å². The summed E-state index contributed by atoms with van der Waals surface area (Å²) in [6.07, 6.45) is -1.04. The molecular weight excluding hydrogens is 210 g/mol. The fourth-order valence-corrected chi connectivity index (χ4v) is 1.59. The summed E-state index contributed by atoms with van der Waals surface area (Å²) in [5, 5.41) is 0. The first-order valence-electron chi connectivity index (χ1n) is 4.02. The molecule has 0 atom stereocenters. The predicted molar refractivity (Wildman–Crippen MR) is 50.6 cm³/mol. The van der Waals surface area contributed by atoms with Gasteiger partial charge < -0.3 is 4.98 Å². The van der Waals surface area contributed by atoms with Crippen molar-refractivity contribution < 1.29 is 8.78 Å². The first-order valence-corrected chi connectivity index (χ1v) is 4.56. The lowest BCUT2D eigenvalue weighted by atomic mass is 10.1. The Balaban J connectivity index is 2.66. The van der Waals surface area contributed by atoms with Crippen LogP contribution < -0.4 is 0 Å². The van der Waals surface area contributed by atoms with Crippen LogP contribution in [0.5, 0.6) is 0 Å². The third-order valence-corrected chi connectivity index (χ3v) is 2.35. The molecule has 0 aliphatic heterocycles. The van der Waals surface area contributed by atoms with Gasteiger partial charge in [0.1, 0.15) is 0 Å². The van der Waals surface area contributed by atoms with Crippen LogP contribution in [0, 0.1) is 0 Å². The smallest absolute Gasteiger partial charge is 0.264 e. The number of hydrogen-bond acceptors (Lipinski definition) is 1. The molecule has 0 bridgehead atoms. The molecule has 1 heterocycles. The maximum Gasteiger partial charge on any atom is 0.264 e. The van der Waals surface area contributed by atoms with Gasteiger partial charge in [0, 0.05) is 11.4 Å². The van der Waals surface area contributed by atoms with E-state index in [0.29, 0.717) is 11.1 Å². The minimum Gasteiger partial charge on any atom is -0.345 e. The molecule has 0 unspecified atom stereocenters. The highest BCUT2D eigenvalue weighted by atomic mass is 35.5. The molecule has 0 aliphatic carbocycles. The van der Waals surface area contributed by atoms with Gasteiger partial charge in [0.25, 0.3) is 6.43 Å². The summed E-state index contributed by atoms with van der Waals surface area (Å²) < 4.78 is 25.1. The Morgan fingerprint density at radius 2 is 2.21 bits per heavy atom. The van der Waals surface area contributed by atoms with Gasteiger partial charge >= 0.3 is 0 Å². The van der Waals surface area contributed by atoms with Crippen LogP contribution in [0.2, 0.25) is 0 Å². The van der Waals surface area contributed by atoms with E-state index in [1.54, 1.807) is 6.07 Å². The summed E-state index contributed by atoms with van der Waals surface area (Å²) in [5.41, 5.74) is 1.66. The van der Waals surface area contributed by atoms with Gasteiger partial charge in [-0.3, -0.25) is 0 Å². The molecule has 0 aliphatic rings. The average Bonchev–Trinajstić information content (AvgIpc) is 2.62. The van der Waals surface area contributed by atoms with Crippen molar-refractivity contribution in [3.8, 4) is 0 Å². The molecule has 14 heavy (non-hydrogen) atoms. The standard InChI is InChI=1S/C9H7ClF2N2/c10-3-5-1-7-8(14-4-13-7)2-6(5)9(11)12/h1-2,4,9H,3H2,(H,13,14). The normalized spacial score (nSPS) is 11.4. The first-order chi connectivity index (χ1) is 6.72. The number of nitrogens with one attached hydrogen (secondary N) is 1. The highest BCUT2D eigenvalue weighted by Gasteiger charge is 2.14. The van der Waals surface area contributed by atoms with Gasteiger partial charge in [-0.1, -0.05) is 0 Å². The van der Waals surface area contributed by atoms with E-state index in [1.165, 1.54) is 12.4 Å². The van der Waals surface area contributed by atoms with Gasteiger partial charge in [-0.25, -0.2) is 13.8 Å². The monoisotopic (exact) mass is 216 g/mol. The van der Waals surface area contributed by atoms with E-state index in [1.807, 2.05) is 0 Å². The number of hydrogen-bond donors (Lipinski definition) is 1. The Labute approximate surface area is 83.9 Å². The molecular formula is C9H7ClF2N2. The highest BCUT2D eigenvalue weighted by Crippen LogP contribution is 2.27. The van der Waals surface area contributed by atoms with Crippen LogP contribution in [0.3, 0.4) is 0 Å². The second kappa shape index (κ2) is 3.53. The third-order valence-electron chi connectivity index (χ3n) is 2.06. The van der Waals surface area contributed by atoms with E-state index in [0.717, 1.165) is 5.52 Å². The van der Waals surface area contributed by atoms with E-state index < -0.39 is 6.43 Å². The van der Waals surface area contributed by atoms with Crippen LogP contribution in [-0.2, 0) is 5.88 Å². The Bertz CT molecular complexity index is 453. The Kier molecular flexibility index (Phi) is 2.37. The van der Waals surface area contributed by atoms with E-state index in [-0.39, 0.29) is 11.4 Å². The van der Waals surface area contributed by atoms with Gasteiger partial charge in [0.05, 0.1) is 17.4 Å². The number of benzene rings is 1. The lowest BCUT2D eigenvalue weighted by molar-refractivity contribution is 0.150. The third kappa shape index (κ3) is 1.46. The SMILES string of the molecule is FC(F)c1cc2nc[nH]c2cc1CCl. The van der Waals surface area contributed by atoms with E-state index in [4.69, 9.17) is 11.6 Å². The molecule has 5 heteroatoms. The summed E-state index contributed by atoms with van der Waals surface area (Å²) in [7, 11) is 0. The maximum absolute atomic E-state index is 12.6. The van der Waals surface area contributed by atoms with Crippen molar-refractivity contribution in [2.75, 3.05) is 0 Å². The van der Waals surface area contributed by atoms with Crippen LogP contribution in [0.25, 0.3) is 11.0 Å². The zero-order chi connectivity index (χ0) is 10.1. The molecule has 2 rings (SSSR count). The largest absolute Gasteiger partial charge is 0.345 e. The number of rotatable bonds is 2. The minimum absolute atomic E-state index is 0.0420. The number of alkyl halides is 3. The number of halogens is 3. The van der Waals surface area contributed by atoms with Gasteiger partial charge in [-0.15, -0.1) is 11.6 Å². The lowest BCUT2D eigenvalue weighted by Crippen LogP contribution is -1.92. The maximum atomic E-state index is 12.6. The Morgan fingerprint density at radius 3 is 2.86 bits per heavy atom. The van der Waals surface area contributed by atoms with E-state index in [9.17, 15) is 8.78 Å². The topological polar surface area (TPSA) is 28.7 Å². The fraction of sp³-hybridized carbons (Fsp3) is 0.222. The number of fused-ring (bicyclic) bond motifs is 1. The van der Waals surface area contributed by atoms with Gasteiger partial charge in [0.15, 0.2) is 0 Å². The average molecular weight is 217 g/mol. The molecule has 74 valence electrons. The number of aromatic nitrogens is 2. The second-order valence-electron chi connectivity index (χ2n) is 2.91. The van der Waals surface area contributed by atoms with Crippen molar-refractivity contribution in [2.24, 2.45) is 0 Å². The number of aromatic amines is 1. The van der Waals surface area contributed by atoms with Crippen LogP contribution in [0.15, 0.2) is 18.5 Å². The van der Waals surface area contributed by atoms with Crippen molar-refractivity contribution in [2.45, 2.75) is 12.3 Å². The molecule has 0 radical (unpaired) electrons. The zero-order valence-corrected chi connectivity index (χ0v) is 7.85. The van der Waals surface area contributed by atoms with Crippen molar-refractivity contribution >= 4 is 22.6 Å². The zero-order valence-electron chi connectivity index (χ0n) is 7.10. The molecule has 1 N–H and O–H groups in total. The van der Waals surface area contributed by atoms with Crippen molar-refractivity contribution in [1.82, 2.24) is 9.97 Å². The summed E-state index contributed by atoms with van der Waals surface area (Å²) in [6, 6.07) is 2.98. The first kappa shape index (κ1) is 9.40. The van der Waals surface area contributed by atoms with Crippen molar-refractivity contribution in [3.63, 3.8) is 0 Å². The Hall–Kier alpha value is -1.16. The van der Waals surface area contributed by atoms with Gasteiger partial charge in [-0.2, -0.15) is 0 Å². The second-order valence-corrected chi connectivity index (χ2v) is 3.17. The van der Waals surface area contributed by atoms with Crippen molar-refractivity contribution in [3.05, 3.63) is 29.6 Å². The quantitative estimate of drug-likeness (QED) is 0.767. The van der Waals surface area contributed by atoms with Crippen LogP contribution in [0.1, 0.15) is 17.6 Å². The molecule has 1 aromatic heterocycles. The summed E-state index contributed by atoms with van der Waals surface area (Å²) in [5.74, 6) is 0.0780. The van der Waals surface area contributed by atoms with Crippen LogP contribution in [0.4, 0.5) is 8.78 Å².